The average Bonchev–Trinajstić information content (AvgIpc) is 2.30. The third-order valence-electron chi connectivity index (χ3n) is 2.48. The van der Waals surface area contributed by atoms with Crippen LogP contribution < -0.4 is 15.8 Å². The molecule has 86 valence electrons. The summed E-state index contributed by atoms with van der Waals surface area (Å²) >= 11 is 0. The smallest absolute Gasteiger partial charge is 0.316 e. The van der Waals surface area contributed by atoms with Crippen molar-refractivity contribution in [3.05, 3.63) is 12.3 Å². The van der Waals surface area contributed by atoms with Crippen LogP contribution in [0.15, 0.2) is 12.3 Å². The number of anilines is 1. The van der Waals surface area contributed by atoms with E-state index in [-0.39, 0.29) is 23.7 Å². The molecule has 1 aromatic heterocycles. The Hall–Kier alpha value is -1.69. The van der Waals surface area contributed by atoms with Gasteiger partial charge in [-0.1, -0.05) is 0 Å². The monoisotopic (exact) mass is 222 g/mol. The van der Waals surface area contributed by atoms with Crippen LogP contribution >= 0.6 is 0 Å². The molecule has 0 aliphatic carbocycles. The van der Waals surface area contributed by atoms with Gasteiger partial charge in [-0.3, -0.25) is 4.79 Å². The van der Waals surface area contributed by atoms with Gasteiger partial charge in [0.1, 0.15) is 0 Å². The number of nitrogens with two attached hydrogens (primary N) is 1. The number of aromatic nitrogens is 2. The fourth-order valence-electron chi connectivity index (χ4n) is 1.65. The number of hydrogen-bond donors (Lipinski definition) is 2. The first-order chi connectivity index (χ1) is 7.75. The predicted molar refractivity (Wildman–Crippen MR) is 57.7 cm³/mol. The summed E-state index contributed by atoms with van der Waals surface area (Å²) in [4.78, 5) is 19.2. The van der Waals surface area contributed by atoms with Crippen molar-refractivity contribution in [3.8, 4) is 5.88 Å². The zero-order valence-corrected chi connectivity index (χ0v) is 8.85. The van der Waals surface area contributed by atoms with E-state index in [1.807, 2.05) is 0 Å². The van der Waals surface area contributed by atoms with Crippen molar-refractivity contribution in [1.29, 1.82) is 0 Å². The molecule has 6 heteroatoms. The molecular weight excluding hydrogens is 208 g/mol. The van der Waals surface area contributed by atoms with Crippen LogP contribution in [0, 0.1) is 5.92 Å². The molecule has 1 saturated heterocycles. The van der Waals surface area contributed by atoms with Gasteiger partial charge in [0.2, 0.25) is 11.8 Å². The number of piperidine rings is 1. The van der Waals surface area contributed by atoms with E-state index in [9.17, 15) is 4.79 Å². The maximum Gasteiger partial charge on any atom is 0.316 e. The fourth-order valence-corrected chi connectivity index (χ4v) is 1.65. The van der Waals surface area contributed by atoms with Crippen molar-refractivity contribution in [2.75, 3.05) is 18.8 Å². The number of nitrogens with zero attached hydrogens (tertiary/aromatic N) is 2. The van der Waals surface area contributed by atoms with E-state index in [2.05, 4.69) is 15.3 Å². The maximum absolute atomic E-state index is 11.7. The Labute approximate surface area is 93.2 Å². The summed E-state index contributed by atoms with van der Waals surface area (Å²) in [5.41, 5.74) is 5.39. The largest absolute Gasteiger partial charge is 0.407 e. The first-order valence-corrected chi connectivity index (χ1v) is 5.26. The first-order valence-electron chi connectivity index (χ1n) is 5.26. The van der Waals surface area contributed by atoms with E-state index in [0.29, 0.717) is 6.54 Å². The van der Waals surface area contributed by atoms with Crippen molar-refractivity contribution in [3.63, 3.8) is 0 Å². The minimum atomic E-state index is -0.259. The van der Waals surface area contributed by atoms with Crippen molar-refractivity contribution < 1.29 is 9.53 Å². The van der Waals surface area contributed by atoms with Crippen molar-refractivity contribution in [1.82, 2.24) is 15.3 Å². The molecule has 0 saturated carbocycles. The van der Waals surface area contributed by atoms with Crippen LogP contribution in [0.4, 0.5) is 5.95 Å². The second-order valence-electron chi connectivity index (χ2n) is 3.72. The normalized spacial score (nSPS) is 20.4. The third-order valence-corrected chi connectivity index (χ3v) is 2.48. The molecule has 2 rings (SSSR count). The van der Waals surface area contributed by atoms with Crippen LogP contribution in [0.1, 0.15) is 12.8 Å². The number of ether oxygens (including phenoxy) is 1. The molecule has 1 atom stereocenters. The number of rotatable bonds is 2. The van der Waals surface area contributed by atoms with Crippen LogP contribution in [0.5, 0.6) is 5.88 Å². The molecule has 1 fully saturated rings. The summed E-state index contributed by atoms with van der Waals surface area (Å²) in [5.74, 6) is -0.0367. The van der Waals surface area contributed by atoms with Crippen molar-refractivity contribution >= 4 is 11.9 Å². The Bertz CT molecular complexity index is 377. The second kappa shape index (κ2) is 4.89. The molecule has 0 bridgehead atoms. The van der Waals surface area contributed by atoms with Crippen molar-refractivity contribution in [2.45, 2.75) is 12.8 Å². The lowest BCUT2D eigenvalue weighted by molar-refractivity contribution is -0.139. The zero-order chi connectivity index (χ0) is 11.4. The van der Waals surface area contributed by atoms with E-state index >= 15 is 0 Å². The van der Waals surface area contributed by atoms with Gasteiger partial charge in [-0.2, -0.15) is 4.98 Å². The van der Waals surface area contributed by atoms with Gasteiger partial charge in [0.15, 0.2) is 0 Å². The van der Waals surface area contributed by atoms with Crippen LogP contribution in [0.25, 0.3) is 0 Å². The lowest BCUT2D eigenvalue weighted by atomic mass is 10.0. The molecule has 1 unspecified atom stereocenters. The lowest BCUT2D eigenvalue weighted by Crippen LogP contribution is -2.36. The second-order valence-corrected chi connectivity index (χ2v) is 3.72. The Morgan fingerprint density at radius 1 is 1.62 bits per heavy atom. The third kappa shape index (κ3) is 2.66. The number of nitrogen functional groups attached to an aromatic ring is 1. The van der Waals surface area contributed by atoms with Gasteiger partial charge in [-0.15, -0.1) is 0 Å². The highest BCUT2D eigenvalue weighted by atomic mass is 16.5. The Morgan fingerprint density at radius 2 is 2.50 bits per heavy atom. The summed E-state index contributed by atoms with van der Waals surface area (Å²) in [6, 6.07) is 1.52. The first kappa shape index (κ1) is 10.8. The molecular formula is C10H14N4O2. The lowest BCUT2D eigenvalue weighted by Gasteiger charge is -2.20. The highest BCUT2D eigenvalue weighted by Crippen LogP contribution is 2.14. The highest BCUT2D eigenvalue weighted by Gasteiger charge is 2.23. The van der Waals surface area contributed by atoms with E-state index in [0.717, 1.165) is 19.4 Å². The summed E-state index contributed by atoms with van der Waals surface area (Å²) < 4.78 is 5.12. The van der Waals surface area contributed by atoms with E-state index < -0.39 is 0 Å². The fraction of sp³-hybridized carbons (Fsp3) is 0.500. The maximum atomic E-state index is 11.7. The van der Waals surface area contributed by atoms with E-state index in [1.165, 1.54) is 12.3 Å². The minimum Gasteiger partial charge on any atom is -0.407 e. The molecule has 16 heavy (non-hydrogen) atoms. The molecule has 6 nitrogen and oxygen atoms in total. The zero-order valence-electron chi connectivity index (χ0n) is 8.85. The van der Waals surface area contributed by atoms with Gasteiger partial charge < -0.3 is 15.8 Å². The molecule has 1 aromatic rings. The van der Waals surface area contributed by atoms with Gasteiger partial charge in [0.05, 0.1) is 5.92 Å². The summed E-state index contributed by atoms with van der Waals surface area (Å²) in [5, 5.41) is 3.15. The topological polar surface area (TPSA) is 90.1 Å². The van der Waals surface area contributed by atoms with Gasteiger partial charge in [-0.25, -0.2) is 4.98 Å². The SMILES string of the molecule is Nc1nccc(OC(=O)C2CCCNC2)n1. The van der Waals surface area contributed by atoms with E-state index in [4.69, 9.17) is 10.5 Å². The molecule has 0 aromatic carbocycles. The van der Waals surface area contributed by atoms with Crippen molar-refractivity contribution in [2.24, 2.45) is 5.92 Å². The van der Waals surface area contributed by atoms with Gasteiger partial charge in [-0.05, 0) is 19.4 Å². The molecule has 1 aliphatic heterocycles. The number of hydrogen-bond acceptors (Lipinski definition) is 6. The summed E-state index contributed by atoms with van der Waals surface area (Å²) in [6.45, 7) is 1.63. The number of nitrogens with one attached hydrogen (secondary N) is 1. The van der Waals surface area contributed by atoms with Crippen LogP contribution in [-0.4, -0.2) is 29.0 Å². The molecule has 2 heterocycles. The van der Waals surface area contributed by atoms with Gasteiger partial charge in [0.25, 0.3) is 0 Å². The number of carbonyl (C=O) groups is 1. The standard InChI is InChI=1S/C10H14N4O2/c11-10-13-5-3-8(14-10)16-9(15)7-2-1-4-12-6-7/h3,5,7,12H,1-2,4,6H2,(H2,11,13,14). The van der Waals surface area contributed by atoms with Crippen LogP contribution in [-0.2, 0) is 4.79 Å². The van der Waals surface area contributed by atoms with Crippen LogP contribution in [0.2, 0.25) is 0 Å². The quantitative estimate of drug-likeness (QED) is 0.682. The average molecular weight is 222 g/mol. The molecule has 0 amide bonds. The van der Waals surface area contributed by atoms with Gasteiger partial charge >= 0.3 is 5.97 Å². The summed E-state index contributed by atoms with van der Waals surface area (Å²) in [7, 11) is 0. The summed E-state index contributed by atoms with van der Waals surface area (Å²) in [6.07, 6.45) is 3.31. The molecule has 1 aliphatic rings. The molecule has 3 N–H and O–H groups in total. The Morgan fingerprint density at radius 3 is 3.19 bits per heavy atom. The highest BCUT2D eigenvalue weighted by molar-refractivity contribution is 5.75. The minimum absolute atomic E-state index is 0.0926. The Balaban J connectivity index is 1.96. The van der Waals surface area contributed by atoms with Gasteiger partial charge in [0, 0.05) is 18.8 Å². The van der Waals surface area contributed by atoms with E-state index in [1.54, 1.807) is 0 Å². The molecule has 0 radical (unpaired) electrons. The number of esters is 1. The number of carbonyl (C=O) groups excluding carboxylic acids is 1. The Kier molecular flexibility index (Phi) is 3.31. The van der Waals surface area contributed by atoms with Crippen LogP contribution in [0.3, 0.4) is 0 Å². The predicted octanol–water partition coefficient (Wildman–Crippen LogP) is -0.0362. The molecule has 0 spiro atoms.